The predicted molar refractivity (Wildman–Crippen MR) is 114 cm³/mol. The van der Waals surface area contributed by atoms with Crippen LogP contribution < -0.4 is 10.1 Å². The van der Waals surface area contributed by atoms with E-state index in [0.717, 1.165) is 44.4 Å². The van der Waals surface area contributed by atoms with Crippen molar-refractivity contribution in [3.05, 3.63) is 29.8 Å². The van der Waals surface area contributed by atoms with Crippen LogP contribution in [0.3, 0.4) is 0 Å². The molecule has 1 aromatic carbocycles. The van der Waals surface area contributed by atoms with Gasteiger partial charge in [0.25, 0.3) is 0 Å². The highest BCUT2D eigenvalue weighted by molar-refractivity contribution is 14.0. The number of hydrogen-bond acceptors (Lipinski definition) is 3. The van der Waals surface area contributed by atoms with Crippen LogP contribution in [-0.2, 0) is 6.54 Å². The van der Waals surface area contributed by atoms with Gasteiger partial charge in [0.05, 0.1) is 7.11 Å². The van der Waals surface area contributed by atoms with Crippen molar-refractivity contribution in [3.8, 4) is 5.75 Å². The zero-order chi connectivity index (χ0) is 17.1. The van der Waals surface area contributed by atoms with E-state index >= 15 is 0 Å². The molecule has 0 aliphatic rings. The predicted octanol–water partition coefficient (Wildman–Crippen LogP) is 3.05. The van der Waals surface area contributed by atoms with Gasteiger partial charge in [0.2, 0.25) is 0 Å². The zero-order valence-electron chi connectivity index (χ0n) is 15.7. The Morgan fingerprint density at radius 3 is 2.33 bits per heavy atom. The van der Waals surface area contributed by atoms with E-state index in [1.54, 1.807) is 7.11 Å². The fraction of sp³-hybridized carbons (Fsp3) is 0.611. The topological polar surface area (TPSA) is 40.1 Å². The fourth-order valence-electron chi connectivity index (χ4n) is 2.53. The summed E-state index contributed by atoms with van der Waals surface area (Å²) in [7, 11) is 5.57. The standard InChI is InChI=1S/C18H32N4O.HI/c1-6-13-22(7-2)14-12-20-18(19-3)21(4)15-16-8-10-17(23-5)11-9-16;/h8-11H,6-7,12-15H2,1-5H3,(H,19,20);1H. The molecule has 0 aromatic heterocycles. The van der Waals surface area contributed by atoms with Crippen molar-refractivity contribution >= 4 is 29.9 Å². The number of aliphatic imine (C=N–C) groups is 1. The summed E-state index contributed by atoms with van der Waals surface area (Å²) in [6, 6.07) is 8.15. The first-order valence-corrected chi connectivity index (χ1v) is 8.41. The molecule has 1 N–H and O–H groups in total. The lowest BCUT2D eigenvalue weighted by Gasteiger charge is -2.24. The van der Waals surface area contributed by atoms with Gasteiger partial charge in [0.15, 0.2) is 5.96 Å². The molecule has 0 saturated heterocycles. The first-order chi connectivity index (χ1) is 11.1. The van der Waals surface area contributed by atoms with E-state index in [4.69, 9.17) is 4.74 Å². The normalized spacial score (nSPS) is 11.2. The molecule has 0 aliphatic heterocycles. The van der Waals surface area contributed by atoms with E-state index in [-0.39, 0.29) is 24.0 Å². The van der Waals surface area contributed by atoms with Crippen molar-refractivity contribution in [2.24, 2.45) is 4.99 Å². The minimum Gasteiger partial charge on any atom is -0.497 e. The molecule has 0 bridgehead atoms. The van der Waals surface area contributed by atoms with Crippen molar-refractivity contribution in [1.29, 1.82) is 0 Å². The van der Waals surface area contributed by atoms with Crippen molar-refractivity contribution in [2.45, 2.75) is 26.8 Å². The molecular formula is C18H33IN4O. The number of hydrogen-bond donors (Lipinski definition) is 1. The number of ether oxygens (including phenoxy) is 1. The minimum atomic E-state index is 0. The number of methoxy groups -OCH3 is 1. The molecule has 5 nitrogen and oxygen atoms in total. The number of nitrogens with one attached hydrogen (secondary N) is 1. The van der Waals surface area contributed by atoms with E-state index < -0.39 is 0 Å². The van der Waals surface area contributed by atoms with Gasteiger partial charge in [-0.3, -0.25) is 4.99 Å². The molecule has 0 aliphatic carbocycles. The van der Waals surface area contributed by atoms with Crippen LogP contribution in [0.2, 0.25) is 0 Å². The highest BCUT2D eigenvalue weighted by Gasteiger charge is 2.07. The van der Waals surface area contributed by atoms with E-state index in [2.05, 4.69) is 53.1 Å². The Hall–Kier alpha value is -1.02. The summed E-state index contributed by atoms with van der Waals surface area (Å²) in [5.41, 5.74) is 1.23. The lowest BCUT2D eigenvalue weighted by atomic mass is 10.2. The maximum Gasteiger partial charge on any atom is 0.193 e. The molecule has 0 unspecified atom stereocenters. The molecule has 0 radical (unpaired) electrons. The third kappa shape index (κ3) is 8.19. The zero-order valence-corrected chi connectivity index (χ0v) is 18.0. The van der Waals surface area contributed by atoms with Crippen LogP contribution in [-0.4, -0.2) is 63.1 Å². The van der Waals surface area contributed by atoms with Crippen molar-refractivity contribution in [3.63, 3.8) is 0 Å². The summed E-state index contributed by atoms with van der Waals surface area (Å²) in [4.78, 5) is 8.96. The number of rotatable bonds is 9. The second-order valence-corrected chi connectivity index (χ2v) is 5.61. The largest absolute Gasteiger partial charge is 0.497 e. The van der Waals surface area contributed by atoms with Gasteiger partial charge in [-0.25, -0.2) is 0 Å². The molecule has 24 heavy (non-hydrogen) atoms. The van der Waals surface area contributed by atoms with Gasteiger partial charge in [-0.15, -0.1) is 24.0 Å². The summed E-state index contributed by atoms with van der Waals surface area (Å²) >= 11 is 0. The summed E-state index contributed by atoms with van der Waals surface area (Å²) in [6.07, 6.45) is 1.19. The van der Waals surface area contributed by atoms with E-state index in [1.807, 2.05) is 19.2 Å². The summed E-state index contributed by atoms with van der Waals surface area (Å²) in [5.74, 6) is 1.81. The van der Waals surface area contributed by atoms with E-state index in [9.17, 15) is 0 Å². The van der Waals surface area contributed by atoms with Crippen LogP contribution in [0.5, 0.6) is 5.75 Å². The molecule has 0 fully saturated rings. The molecule has 1 aromatic rings. The second kappa shape index (κ2) is 13.3. The average Bonchev–Trinajstić information content (AvgIpc) is 2.58. The first kappa shape index (κ1) is 23.0. The Labute approximate surface area is 164 Å². The van der Waals surface area contributed by atoms with Gasteiger partial charge in [-0.2, -0.15) is 0 Å². The van der Waals surface area contributed by atoms with Gasteiger partial charge in [0, 0.05) is 33.7 Å². The molecule has 0 spiro atoms. The molecule has 1 rings (SSSR count). The van der Waals surface area contributed by atoms with Crippen LogP contribution in [0, 0.1) is 0 Å². The molecule has 0 atom stereocenters. The highest BCUT2D eigenvalue weighted by Crippen LogP contribution is 2.12. The van der Waals surface area contributed by atoms with Crippen LogP contribution in [0.15, 0.2) is 29.3 Å². The smallest absolute Gasteiger partial charge is 0.193 e. The van der Waals surface area contributed by atoms with Crippen LogP contribution in [0.1, 0.15) is 25.8 Å². The third-order valence-corrected chi connectivity index (χ3v) is 3.85. The van der Waals surface area contributed by atoms with Crippen LogP contribution >= 0.6 is 24.0 Å². The SMILES string of the molecule is CCCN(CC)CCNC(=NC)N(C)Cc1ccc(OC)cc1.I. The van der Waals surface area contributed by atoms with Crippen molar-refractivity contribution in [2.75, 3.05) is 47.4 Å². The number of benzene rings is 1. The molecule has 0 amide bonds. The molecular weight excluding hydrogens is 415 g/mol. The van der Waals surface area contributed by atoms with Gasteiger partial charge >= 0.3 is 0 Å². The van der Waals surface area contributed by atoms with Gasteiger partial charge in [0.1, 0.15) is 5.75 Å². The fourth-order valence-corrected chi connectivity index (χ4v) is 2.53. The summed E-state index contributed by atoms with van der Waals surface area (Å²) < 4.78 is 5.19. The van der Waals surface area contributed by atoms with Crippen molar-refractivity contribution < 1.29 is 4.74 Å². The molecule has 6 heteroatoms. The molecule has 0 heterocycles. The van der Waals surface area contributed by atoms with Crippen LogP contribution in [0.4, 0.5) is 0 Å². The minimum absolute atomic E-state index is 0. The Morgan fingerprint density at radius 2 is 1.83 bits per heavy atom. The summed E-state index contributed by atoms with van der Waals surface area (Å²) in [6.45, 7) is 9.44. The highest BCUT2D eigenvalue weighted by atomic mass is 127. The Balaban J connectivity index is 0.00000529. The monoisotopic (exact) mass is 448 g/mol. The lowest BCUT2D eigenvalue weighted by Crippen LogP contribution is -2.42. The summed E-state index contributed by atoms with van der Waals surface area (Å²) in [5, 5.41) is 3.44. The number of likely N-dealkylation sites (N-methyl/N-ethyl adjacent to an activating group) is 1. The quantitative estimate of drug-likeness (QED) is 0.358. The van der Waals surface area contributed by atoms with E-state index in [0.29, 0.717) is 0 Å². The molecule has 0 saturated carbocycles. The Morgan fingerprint density at radius 1 is 1.17 bits per heavy atom. The Bertz CT molecular complexity index is 465. The first-order valence-electron chi connectivity index (χ1n) is 8.41. The Kier molecular flexibility index (Phi) is 12.7. The maximum atomic E-state index is 5.19. The number of guanidine groups is 1. The van der Waals surface area contributed by atoms with E-state index in [1.165, 1.54) is 12.0 Å². The lowest BCUT2D eigenvalue weighted by molar-refractivity contribution is 0.291. The second-order valence-electron chi connectivity index (χ2n) is 5.61. The van der Waals surface area contributed by atoms with Crippen molar-refractivity contribution in [1.82, 2.24) is 15.1 Å². The van der Waals surface area contributed by atoms with Gasteiger partial charge in [-0.05, 0) is 37.2 Å². The van der Waals surface area contributed by atoms with Crippen LogP contribution in [0.25, 0.3) is 0 Å². The third-order valence-electron chi connectivity index (χ3n) is 3.85. The number of halogens is 1. The number of nitrogens with zero attached hydrogens (tertiary/aromatic N) is 3. The average molecular weight is 448 g/mol. The maximum absolute atomic E-state index is 5.19. The molecule has 138 valence electrons. The van der Waals surface area contributed by atoms with Gasteiger partial charge in [-0.1, -0.05) is 26.0 Å². The van der Waals surface area contributed by atoms with Gasteiger partial charge < -0.3 is 19.9 Å².